The summed E-state index contributed by atoms with van der Waals surface area (Å²) in [7, 11) is 0. The van der Waals surface area contributed by atoms with Gasteiger partial charge in [0.1, 0.15) is 5.75 Å². The molecule has 1 saturated heterocycles. The Balaban J connectivity index is 1.48. The van der Waals surface area contributed by atoms with E-state index in [0.29, 0.717) is 37.8 Å². The van der Waals surface area contributed by atoms with Gasteiger partial charge in [0, 0.05) is 35.1 Å². The third kappa shape index (κ3) is 3.94. The van der Waals surface area contributed by atoms with Gasteiger partial charge in [0.25, 0.3) is 0 Å². The highest BCUT2D eigenvalue weighted by Crippen LogP contribution is 2.31. The van der Waals surface area contributed by atoms with E-state index in [1.165, 1.54) is 0 Å². The van der Waals surface area contributed by atoms with Crippen molar-refractivity contribution in [2.45, 2.75) is 25.8 Å². The predicted molar refractivity (Wildman–Crippen MR) is 108 cm³/mol. The number of carbonyl (C=O) groups excluding carboxylic acids is 1. The van der Waals surface area contributed by atoms with Crippen LogP contribution in [-0.2, 0) is 11.3 Å². The summed E-state index contributed by atoms with van der Waals surface area (Å²) in [6.45, 7) is 3.61. The molecule has 0 spiro atoms. The van der Waals surface area contributed by atoms with Gasteiger partial charge in [-0.05, 0) is 25.1 Å². The predicted octanol–water partition coefficient (Wildman–Crippen LogP) is 4.41. The highest BCUT2D eigenvalue weighted by molar-refractivity contribution is 9.10. The first-order valence-corrected chi connectivity index (χ1v) is 10.0. The van der Waals surface area contributed by atoms with Gasteiger partial charge in [-0.15, -0.1) is 0 Å². The van der Waals surface area contributed by atoms with Crippen molar-refractivity contribution < 1.29 is 14.1 Å². The van der Waals surface area contributed by atoms with Crippen molar-refractivity contribution in [3.63, 3.8) is 0 Å². The van der Waals surface area contributed by atoms with Crippen LogP contribution < -0.4 is 4.74 Å². The van der Waals surface area contributed by atoms with Crippen LogP contribution in [0.25, 0.3) is 11.4 Å². The molecule has 2 heterocycles. The Hall–Kier alpha value is -2.67. The van der Waals surface area contributed by atoms with Crippen molar-refractivity contribution >= 4 is 21.8 Å². The topological polar surface area (TPSA) is 68.5 Å². The Morgan fingerprint density at radius 2 is 2.11 bits per heavy atom. The van der Waals surface area contributed by atoms with E-state index < -0.39 is 0 Å². The minimum Gasteiger partial charge on any atom is -0.494 e. The van der Waals surface area contributed by atoms with Gasteiger partial charge in [0.2, 0.25) is 17.6 Å². The summed E-state index contributed by atoms with van der Waals surface area (Å²) in [4.78, 5) is 18.9. The molecule has 1 unspecified atom stereocenters. The van der Waals surface area contributed by atoms with Gasteiger partial charge in [-0.25, -0.2) is 0 Å². The van der Waals surface area contributed by atoms with Crippen LogP contribution in [0.4, 0.5) is 0 Å². The molecule has 4 rings (SSSR count). The number of likely N-dealkylation sites (tertiary alicyclic amines) is 1. The van der Waals surface area contributed by atoms with E-state index >= 15 is 0 Å². The van der Waals surface area contributed by atoms with Crippen molar-refractivity contribution in [3.8, 4) is 17.1 Å². The first-order chi connectivity index (χ1) is 13.6. The lowest BCUT2D eigenvalue weighted by Gasteiger charge is -2.18. The molecular weight excluding hydrogens is 422 g/mol. The lowest BCUT2D eigenvalue weighted by Crippen LogP contribution is -2.24. The van der Waals surface area contributed by atoms with Gasteiger partial charge < -0.3 is 14.2 Å². The Morgan fingerprint density at radius 3 is 2.93 bits per heavy atom. The molecule has 7 heteroatoms. The van der Waals surface area contributed by atoms with E-state index in [0.717, 1.165) is 21.3 Å². The molecule has 0 radical (unpaired) electrons. The second-order valence-corrected chi connectivity index (χ2v) is 7.60. The zero-order valence-electron chi connectivity index (χ0n) is 15.5. The molecule has 28 heavy (non-hydrogen) atoms. The lowest BCUT2D eigenvalue weighted by atomic mass is 10.1. The van der Waals surface area contributed by atoms with Gasteiger partial charge >= 0.3 is 0 Å². The number of carbonyl (C=O) groups is 1. The number of aromatic nitrogens is 2. The van der Waals surface area contributed by atoms with Crippen LogP contribution in [-0.4, -0.2) is 34.1 Å². The maximum Gasteiger partial charge on any atom is 0.232 e. The van der Waals surface area contributed by atoms with Crippen LogP contribution in [0, 0.1) is 0 Å². The van der Waals surface area contributed by atoms with E-state index in [1.54, 1.807) is 0 Å². The fraction of sp³-hybridized carbons (Fsp3) is 0.286. The summed E-state index contributed by atoms with van der Waals surface area (Å²) in [5, 5.41) is 4.09. The molecule has 1 aliphatic heterocycles. The van der Waals surface area contributed by atoms with Crippen LogP contribution in [0.1, 0.15) is 30.7 Å². The van der Waals surface area contributed by atoms with E-state index in [4.69, 9.17) is 9.26 Å². The Bertz CT molecular complexity index is 988. The maximum atomic E-state index is 12.5. The molecule has 0 bridgehead atoms. The zero-order valence-corrected chi connectivity index (χ0v) is 17.1. The second kappa shape index (κ2) is 8.14. The van der Waals surface area contributed by atoms with Crippen molar-refractivity contribution in [1.82, 2.24) is 15.0 Å². The zero-order chi connectivity index (χ0) is 19.5. The van der Waals surface area contributed by atoms with Crippen LogP contribution in [0.2, 0.25) is 0 Å². The molecule has 6 nitrogen and oxygen atoms in total. The van der Waals surface area contributed by atoms with E-state index in [-0.39, 0.29) is 11.8 Å². The SMILES string of the molecule is CCOc1ccccc1CN1CC(c2nc(-c3cccc(Br)c3)no2)CC1=O. The number of amides is 1. The molecule has 2 aromatic carbocycles. The molecule has 1 fully saturated rings. The van der Waals surface area contributed by atoms with E-state index in [9.17, 15) is 4.79 Å². The number of hydrogen-bond donors (Lipinski definition) is 0. The summed E-state index contributed by atoms with van der Waals surface area (Å²) in [5.41, 5.74) is 1.87. The first-order valence-electron chi connectivity index (χ1n) is 9.22. The molecular formula is C21H20BrN3O3. The fourth-order valence-corrected chi connectivity index (χ4v) is 3.77. The summed E-state index contributed by atoms with van der Waals surface area (Å²) in [6, 6.07) is 15.5. The van der Waals surface area contributed by atoms with Crippen LogP contribution in [0.5, 0.6) is 5.75 Å². The minimum absolute atomic E-state index is 0.0820. The van der Waals surface area contributed by atoms with Crippen LogP contribution >= 0.6 is 15.9 Å². The summed E-state index contributed by atoms with van der Waals surface area (Å²) in [6.07, 6.45) is 0.372. The van der Waals surface area contributed by atoms with Gasteiger partial charge in [-0.2, -0.15) is 4.98 Å². The quantitative estimate of drug-likeness (QED) is 0.566. The summed E-state index contributed by atoms with van der Waals surface area (Å²) in [5.74, 6) is 1.84. The number of hydrogen-bond acceptors (Lipinski definition) is 5. The summed E-state index contributed by atoms with van der Waals surface area (Å²) >= 11 is 3.45. The van der Waals surface area contributed by atoms with Gasteiger partial charge in [-0.1, -0.05) is 51.4 Å². The molecule has 0 aliphatic carbocycles. The Kier molecular flexibility index (Phi) is 5.43. The summed E-state index contributed by atoms with van der Waals surface area (Å²) < 4.78 is 12.1. The van der Waals surface area contributed by atoms with Gasteiger partial charge in [0.05, 0.1) is 12.5 Å². The number of ether oxygens (including phenoxy) is 1. The average molecular weight is 442 g/mol. The first kappa shape index (κ1) is 18.7. The number of rotatable bonds is 6. The number of nitrogens with zero attached hydrogens (tertiary/aromatic N) is 3. The smallest absolute Gasteiger partial charge is 0.232 e. The fourth-order valence-electron chi connectivity index (χ4n) is 3.37. The lowest BCUT2D eigenvalue weighted by molar-refractivity contribution is -0.128. The van der Waals surface area contributed by atoms with Crippen molar-refractivity contribution in [1.29, 1.82) is 0 Å². The molecule has 1 amide bonds. The molecule has 1 aliphatic rings. The van der Waals surface area contributed by atoms with Crippen molar-refractivity contribution in [2.75, 3.05) is 13.2 Å². The standard InChI is InChI=1S/C21H20BrN3O3/c1-2-27-18-9-4-3-6-15(18)12-25-13-16(11-19(25)26)21-23-20(24-28-21)14-7-5-8-17(22)10-14/h3-10,16H,2,11-13H2,1H3. The Labute approximate surface area is 171 Å². The third-order valence-electron chi connectivity index (χ3n) is 4.72. The van der Waals surface area contributed by atoms with Crippen LogP contribution in [0.15, 0.2) is 57.5 Å². The van der Waals surface area contributed by atoms with Gasteiger partial charge in [0.15, 0.2) is 0 Å². The third-order valence-corrected chi connectivity index (χ3v) is 5.22. The highest BCUT2D eigenvalue weighted by atomic mass is 79.9. The van der Waals surface area contributed by atoms with Crippen molar-refractivity contribution in [2.24, 2.45) is 0 Å². The molecule has 0 N–H and O–H groups in total. The maximum absolute atomic E-state index is 12.5. The number of benzene rings is 2. The van der Waals surface area contributed by atoms with Crippen LogP contribution in [0.3, 0.4) is 0 Å². The number of para-hydroxylation sites is 1. The molecule has 1 atom stereocenters. The largest absolute Gasteiger partial charge is 0.494 e. The normalized spacial score (nSPS) is 16.6. The Morgan fingerprint density at radius 1 is 1.25 bits per heavy atom. The molecule has 1 aromatic heterocycles. The molecule has 3 aromatic rings. The van der Waals surface area contributed by atoms with Crippen molar-refractivity contribution in [3.05, 3.63) is 64.5 Å². The monoisotopic (exact) mass is 441 g/mol. The van der Waals surface area contributed by atoms with E-state index in [2.05, 4.69) is 26.1 Å². The second-order valence-electron chi connectivity index (χ2n) is 6.68. The highest BCUT2D eigenvalue weighted by Gasteiger charge is 2.34. The minimum atomic E-state index is -0.0971. The van der Waals surface area contributed by atoms with Gasteiger partial charge in [-0.3, -0.25) is 4.79 Å². The molecule has 144 valence electrons. The number of halogens is 1. The van der Waals surface area contributed by atoms with E-state index in [1.807, 2.05) is 60.4 Å². The molecule has 0 saturated carbocycles. The average Bonchev–Trinajstić information content (AvgIpc) is 3.31.